The monoisotopic (exact) mass is 302 g/mol. The summed E-state index contributed by atoms with van der Waals surface area (Å²) in [5, 5.41) is 0. The zero-order chi connectivity index (χ0) is 15.8. The molecule has 2 heterocycles. The average molecular weight is 302 g/mol. The number of fused-ring (bicyclic) bond motifs is 3. The van der Waals surface area contributed by atoms with E-state index < -0.39 is 0 Å². The molecule has 1 atom stereocenters. The van der Waals surface area contributed by atoms with Gasteiger partial charge in [0.1, 0.15) is 5.75 Å². The first-order valence-corrected chi connectivity index (χ1v) is 7.72. The number of benzene rings is 2. The number of aromatic nitrogens is 1. The van der Waals surface area contributed by atoms with Gasteiger partial charge in [-0.2, -0.15) is 0 Å². The van der Waals surface area contributed by atoms with E-state index in [0.29, 0.717) is 0 Å². The highest BCUT2D eigenvalue weighted by Gasteiger charge is 2.28. The molecular formula is C20H18N2O. The third-order valence-corrected chi connectivity index (χ3v) is 4.16. The second kappa shape index (κ2) is 5.52. The molecule has 0 fully saturated rings. The molecule has 0 saturated carbocycles. The predicted octanol–water partition coefficient (Wildman–Crippen LogP) is 4.37. The van der Waals surface area contributed by atoms with Crippen molar-refractivity contribution in [2.75, 3.05) is 14.1 Å². The fraction of sp³-hybridized carbons (Fsp3) is 0.150. The molecule has 0 bridgehead atoms. The molecule has 3 nitrogen and oxygen atoms in total. The Morgan fingerprint density at radius 2 is 1.65 bits per heavy atom. The summed E-state index contributed by atoms with van der Waals surface area (Å²) in [6, 6.07) is 20.6. The SMILES string of the molecule is CN(C)C1Oc2ccccc2-c2cc(-c3ccccc3)ncc21. The summed E-state index contributed by atoms with van der Waals surface area (Å²) in [7, 11) is 4.04. The van der Waals surface area contributed by atoms with Crippen molar-refractivity contribution >= 4 is 0 Å². The first-order chi connectivity index (χ1) is 11.2. The van der Waals surface area contributed by atoms with Crippen LogP contribution in [0.25, 0.3) is 22.4 Å². The lowest BCUT2D eigenvalue weighted by Gasteiger charge is -2.32. The molecule has 1 aliphatic rings. The minimum absolute atomic E-state index is 0.114. The van der Waals surface area contributed by atoms with Crippen LogP contribution >= 0.6 is 0 Å². The summed E-state index contributed by atoms with van der Waals surface area (Å²) in [5.41, 5.74) is 5.53. The molecule has 1 aliphatic heterocycles. The average Bonchev–Trinajstić information content (AvgIpc) is 2.61. The van der Waals surface area contributed by atoms with E-state index in [1.54, 1.807) is 0 Å². The Balaban J connectivity index is 1.91. The second-order valence-corrected chi connectivity index (χ2v) is 5.95. The third-order valence-electron chi connectivity index (χ3n) is 4.16. The van der Waals surface area contributed by atoms with Crippen molar-refractivity contribution in [2.45, 2.75) is 6.23 Å². The van der Waals surface area contributed by atoms with Crippen LogP contribution in [0.4, 0.5) is 0 Å². The number of para-hydroxylation sites is 1. The lowest BCUT2D eigenvalue weighted by Crippen LogP contribution is -2.28. The van der Waals surface area contributed by atoms with Crippen LogP contribution in [-0.4, -0.2) is 24.0 Å². The molecule has 0 amide bonds. The van der Waals surface area contributed by atoms with Crippen LogP contribution in [0.1, 0.15) is 11.8 Å². The van der Waals surface area contributed by atoms with Crippen LogP contribution < -0.4 is 4.74 Å². The van der Waals surface area contributed by atoms with Crippen molar-refractivity contribution in [3.05, 3.63) is 72.4 Å². The van der Waals surface area contributed by atoms with Gasteiger partial charge in [0.2, 0.25) is 0 Å². The predicted molar refractivity (Wildman–Crippen MR) is 92.2 cm³/mol. The van der Waals surface area contributed by atoms with E-state index in [4.69, 9.17) is 4.74 Å². The molecule has 0 aliphatic carbocycles. The maximum Gasteiger partial charge on any atom is 0.180 e. The van der Waals surface area contributed by atoms with Crippen molar-refractivity contribution in [1.82, 2.24) is 9.88 Å². The Hall–Kier alpha value is -2.65. The smallest absolute Gasteiger partial charge is 0.180 e. The quantitative estimate of drug-likeness (QED) is 0.703. The van der Waals surface area contributed by atoms with E-state index in [1.807, 2.05) is 56.7 Å². The summed E-state index contributed by atoms with van der Waals surface area (Å²) in [6.07, 6.45) is 1.83. The highest BCUT2D eigenvalue weighted by Crippen LogP contribution is 2.43. The lowest BCUT2D eigenvalue weighted by molar-refractivity contribution is 0.0614. The molecule has 114 valence electrons. The van der Waals surface area contributed by atoms with Gasteiger partial charge in [-0.15, -0.1) is 0 Å². The molecule has 0 radical (unpaired) electrons. The zero-order valence-corrected chi connectivity index (χ0v) is 13.2. The Labute approximate surface area is 136 Å². The van der Waals surface area contributed by atoms with Crippen LogP contribution in [0.5, 0.6) is 5.75 Å². The number of nitrogens with zero attached hydrogens (tertiary/aromatic N) is 2. The number of ether oxygens (including phenoxy) is 1. The number of pyridine rings is 1. The zero-order valence-electron chi connectivity index (χ0n) is 13.2. The molecule has 2 aromatic carbocycles. The maximum atomic E-state index is 6.15. The van der Waals surface area contributed by atoms with Gasteiger partial charge in [-0.25, -0.2) is 0 Å². The van der Waals surface area contributed by atoms with Gasteiger partial charge >= 0.3 is 0 Å². The van der Waals surface area contributed by atoms with Gasteiger partial charge in [-0.1, -0.05) is 48.5 Å². The topological polar surface area (TPSA) is 25.4 Å². The molecule has 1 aromatic heterocycles. The minimum Gasteiger partial charge on any atom is -0.470 e. The van der Waals surface area contributed by atoms with E-state index >= 15 is 0 Å². The molecule has 3 heteroatoms. The molecule has 0 saturated heterocycles. The fourth-order valence-electron chi connectivity index (χ4n) is 3.02. The van der Waals surface area contributed by atoms with Crippen LogP contribution in [-0.2, 0) is 0 Å². The van der Waals surface area contributed by atoms with Crippen molar-refractivity contribution < 1.29 is 4.74 Å². The highest BCUT2D eigenvalue weighted by atomic mass is 16.5. The standard InChI is InChI=1S/C20H18N2O/c1-22(2)20-17-13-21-18(14-8-4-3-5-9-14)12-16(17)15-10-6-7-11-19(15)23-20/h3-13,20H,1-2H3. The summed E-state index contributed by atoms with van der Waals surface area (Å²) in [6.45, 7) is 0. The molecular weight excluding hydrogens is 284 g/mol. The maximum absolute atomic E-state index is 6.15. The summed E-state index contributed by atoms with van der Waals surface area (Å²) in [4.78, 5) is 6.73. The number of rotatable bonds is 2. The lowest BCUT2D eigenvalue weighted by atomic mass is 9.95. The van der Waals surface area contributed by atoms with Crippen LogP contribution in [0.2, 0.25) is 0 Å². The van der Waals surface area contributed by atoms with Crippen molar-refractivity contribution in [1.29, 1.82) is 0 Å². The van der Waals surface area contributed by atoms with Gasteiger partial charge in [-0.05, 0) is 31.8 Å². The van der Waals surface area contributed by atoms with E-state index in [9.17, 15) is 0 Å². The molecule has 4 rings (SSSR count). The van der Waals surface area contributed by atoms with Crippen LogP contribution in [0.15, 0.2) is 66.9 Å². The molecule has 0 N–H and O–H groups in total. The highest BCUT2D eigenvalue weighted by molar-refractivity contribution is 5.78. The van der Waals surface area contributed by atoms with Gasteiger partial charge in [-0.3, -0.25) is 9.88 Å². The van der Waals surface area contributed by atoms with E-state index in [2.05, 4.69) is 34.1 Å². The summed E-state index contributed by atoms with van der Waals surface area (Å²) < 4.78 is 6.15. The molecule has 0 spiro atoms. The molecule has 1 unspecified atom stereocenters. The van der Waals surface area contributed by atoms with Crippen molar-refractivity contribution in [3.63, 3.8) is 0 Å². The Bertz CT molecular complexity index is 843. The Morgan fingerprint density at radius 1 is 0.913 bits per heavy atom. The first kappa shape index (κ1) is 14.0. The summed E-state index contributed by atoms with van der Waals surface area (Å²) in [5.74, 6) is 0.920. The van der Waals surface area contributed by atoms with Crippen molar-refractivity contribution in [3.8, 4) is 28.1 Å². The van der Waals surface area contributed by atoms with E-state index in [0.717, 1.165) is 28.1 Å². The second-order valence-electron chi connectivity index (χ2n) is 5.95. The van der Waals surface area contributed by atoms with Crippen LogP contribution in [0, 0.1) is 0 Å². The fourth-order valence-corrected chi connectivity index (χ4v) is 3.02. The molecule has 23 heavy (non-hydrogen) atoms. The third kappa shape index (κ3) is 2.39. The van der Waals surface area contributed by atoms with Crippen molar-refractivity contribution in [2.24, 2.45) is 0 Å². The molecule has 3 aromatic rings. The van der Waals surface area contributed by atoms with E-state index in [-0.39, 0.29) is 6.23 Å². The van der Waals surface area contributed by atoms with Gasteiger partial charge in [0.15, 0.2) is 6.23 Å². The normalized spacial score (nSPS) is 15.7. The van der Waals surface area contributed by atoms with Gasteiger partial charge in [0.05, 0.1) is 5.69 Å². The van der Waals surface area contributed by atoms with Gasteiger partial charge in [0, 0.05) is 22.9 Å². The first-order valence-electron chi connectivity index (χ1n) is 7.72. The largest absolute Gasteiger partial charge is 0.470 e. The Kier molecular flexibility index (Phi) is 3.36. The number of hydrogen-bond acceptors (Lipinski definition) is 3. The minimum atomic E-state index is -0.114. The van der Waals surface area contributed by atoms with Gasteiger partial charge < -0.3 is 4.74 Å². The van der Waals surface area contributed by atoms with Gasteiger partial charge in [0.25, 0.3) is 0 Å². The van der Waals surface area contributed by atoms with Crippen LogP contribution in [0.3, 0.4) is 0 Å². The van der Waals surface area contributed by atoms with E-state index in [1.165, 1.54) is 5.56 Å². The number of hydrogen-bond donors (Lipinski definition) is 0. The Morgan fingerprint density at radius 3 is 2.43 bits per heavy atom. The summed E-state index contributed by atoms with van der Waals surface area (Å²) >= 11 is 0.